The third-order valence-corrected chi connectivity index (χ3v) is 4.84. The molecule has 1 amide bonds. The van der Waals surface area contributed by atoms with Crippen molar-refractivity contribution in [3.8, 4) is 0 Å². The van der Waals surface area contributed by atoms with Crippen LogP contribution in [0.15, 0.2) is 79.0 Å². The van der Waals surface area contributed by atoms with Gasteiger partial charge in [0.25, 0.3) is 5.91 Å². The van der Waals surface area contributed by atoms with E-state index in [1.807, 2.05) is 60.8 Å². The zero-order valence-corrected chi connectivity index (χ0v) is 15.0. The first-order chi connectivity index (χ1) is 13.6. The molecule has 1 heterocycles. The number of rotatable bonds is 5. The largest absolute Gasteiger partial charge is 0.361 e. The first-order valence-electron chi connectivity index (χ1n) is 8.97. The molecule has 2 N–H and O–H groups in total. The number of benzene rings is 3. The summed E-state index contributed by atoms with van der Waals surface area (Å²) in [7, 11) is 0. The molecule has 0 saturated heterocycles. The Hall–Kier alpha value is -3.47. The van der Waals surface area contributed by atoms with Gasteiger partial charge in [-0.05, 0) is 29.3 Å². The number of H-pyrrole nitrogens is 1. The molecule has 1 unspecified atom stereocenters. The van der Waals surface area contributed by atoms with E-state index in [0.29, 0.717) is 6.07 Å². The Morgan fingerprint density at radius 1 is 0.964 bits per heavy atom. The molecular weight excluding hydrogens is 358 g/mol. The van der Waals surface area contributed by atoms with E-state index < -0.39 is 17.5 Å². The Morgan fingerprint density at radius 3 is 2.50 bits per heavy atom. The van der Waals surface area contributed by atoms with Crippen LogP contribution in [0.4, 0.5) is 8.78 Å². The molecule has 0 aliphatic rings. The standard InChI is InChI=1S/C23H18F2N2O/c24-16-10-11-18(21(25)12-16)23(28)27-13-19(15-6-2-1-3-7-15)20-14-26-22-9-5-4-8-17(20)22/h1-12,14,19,26H,13H2,(H,27,28). The first kappa shape index (κ1) is 17.9. The minimum absolute atomic E-state index is 0.121. The van der Waals surface area contributed by atoms with E-state index in [1.54, 1.807) is 0 Å². The summed E-state index contributed by atoms with van der Waals surface area (Å²) in [6, 6.07) is 20.7. The van der Waals surface area contributed by atoms with Crippen LogP contribution in [-0.4, -0.2) is 17.4 Å². The molecule has 4 aromatic rings. The fourth-order valence-corrected chi connectivity index (χ4v) is 3.44. The van der Waals surface area contributed by atoms with Crippen LogP contribution >= 0.6 is 0 Å². The van der Waals surface area contributed by atoms with Crippen molar-refractivity contribution in [2.45, 2.75) is 5.92 Å². The van der Waals surface area contributed by atoms with E-state index >= 15 is 0 Å². The van der Waals surface area contributed by atoms with E-state index in [-0.39, 0.29) is 18.0 Å². The number of hydrogen-bond donors (Lipinski definition) is 2. The number of para-hydroxylation sites is 1. The number of nitrogens with one attached hydrogen (secondary N) is 2. The fraction of sp³-hybridized carbons (Fsp3) is 0.0870. The van der Waals surface area contributed by atoms with Crippen molar-refractivity contribution in [3.63, 3.8) is 0 Å². The number of aromatic amines is 1. The zero-order chi connectivity index (χ0) is 19.5. The molecule has 5 heteroatoms. The van der Waals surface area contributed by atoms with Gasteiger partial charge in [-0.2, -0.15) is 0 Å². The zero-order valence-electron chi connectivity index (χ0n) is 15.0. The van der Waals surface area contributed by atoms with Crippen LogP contribution in [0.1, 0.15) is 27.4 Å². The van der Waals surface area contributed by atoms with Gasteiger partial charge in [-0.25, -0.2) is 8.78 Å². The molecule has 140 valence electrons. The lowest BCUT2D eigenvalue weighted by molar-refractivity contribution is 0.0948. The predicted octanol–water partition coefficient (Wildman–Crippen LogP) is 5.01. The summed E-state index contributed by atoms with van der Waals surface area (Å²) >= 11 is 0. The summed E-state index contributed by atoms with van der Waals surface area (Å²) in [4.78, 5) is 15.7. The van der Waals surface area contributed by atoms with Gasteiger partial charge in [-0.15, -0.1) is 0 Å². The van der Waals surface area contributed by atoms with Crippen molar-refractivity contribution in [2.24, 2.45) is 0 Å². The number of halogens is 2. The highest BCUT2D eigenvalue weighted by molar-refractivity contribution is 5.94. The molecule has 28 heavy (non-hydrogen) atoms. The van der Waals surface area contributed by atoms with Crippen molar-refractivity contribution in [1.82, 2.24) is 10.3 Å². The number of hydrogen-bond acceptors (Lipinski definition) is 1. The molecule has 0 aliphatic heterocycles. The summed E-state index contributed by atoms with van der Waals surface area (Å²) in [5, 5.41) is 3.86. The second-order valence-corrected chi connectivity index (χ2v) is 6.59. The van der Waals surface area contributed by atoms with Gasteiger partial charge in [0.05, 0.1) is 5.56 Å². The van der Waals surface area contributed by atoms with Crippen LogP contribution < -0.4 is 5.32 Å². The van der Waals surface area contributed by atoms with Gasteiger partial charge in [0.1, 0.15) is 11.6 Å². The molecule has 0 aliphatic carbocycles. The topological polar surface area (TPSA) is 44.9 Å². The lowest BCUT2D eigenvalue weighted by atomic mass is 9.91. The Balaban J connectivity index is 1.64. The number of fused-ring (bicyclic) bond motifs is 1. The average Bonchev–Trinajstić information content (AvgIpc) is 3.13. The Bertz CT molecular complexity index is 1120. The van der Waals surface area contributed by atoms with Gasteiger partial charge in [0, 0.05) is 35.6 Å². The van der Waals surface area contributed by atoms with Gasteiger partial charge < -0.3 is 10.3 Å². The maximum absolute atomic E-state index is 13.9. The quantitative estimate of drug-likeness (QED) is 0.505. The number of carbonyl (C=O) groups is 1. The van der Waals surface area contributed by atoms with Crippen LogP contribution in [0.25, 0.3) is 10.9 Å². The van der Waals surface area contributed by atoms with Crippen molar-refractivity contribution in [3.05, 3.63) is 107 Å². The summed E-state index contributed by atoms with van der Waals surface area (Å²) in [5.41, 5.74) is 2.91. The first-order valence-corrected chi connectivity index (χ1v) is 8.97. The number of amides is 1. The van der Waals surface area contributed by atoms with Crippen molar-refractivity contribution < 1.29 is 13.6 Å². The summed E-state index contributed by atoms with van der Waals surface area (Å²) < 4.78 is 27.0. The molecule has 1 atom stereocenters. The maximum atomic E-state index is 13.9. The monoisotopic (exact) mass is 376 g/mol. The van der Waals surface area contributed by atoms with Crippen LogP contribution in [0.3, 0.4) is 0 Å². The second-order valence-electron chi connectivity index (χ2n) is 6.59. The summed E-state index contributed by atoms with van der Waals surface area (Å²) in [6.45, 7) is 0.279. The Kier molecular flexibility index (Phi) is 4.89. The lowest BCUT2D eigenvalue weighted by Crippen LogP contribution is -2.29. The highest BCUT2D eigenvalue weighted by Crippen LogP contribution is 2.30. The van der Waals surface area contributed by atoms with Crippen molar-refractivity contribution in [1.29, 1.82) is 0 Å². The average molecular weight is 376 g/mol. The van der Waals surface area contributed by atoms with Crippen LogP contribution in [-0.2, 0) is 0 Å². The summed E-state index contributed by atoms with van der Waals surface area (Å²) in [6.07, 6.45) is 1.94. The highest BCUT2D eigenvalue weighted by Gasteiger charge is 2.20. The van der Waals surface area contributed by atoms with E-state index in [2.05, 4.69) is 10.3 Å². The molecule has 0 radical (unpaired) electrons. The molecule has 1 aromatic heterocycles. The smallest absolute Gasteiger partial charge is 0.254 e. The summed E-state index contributed by atoms with van der Waals surface area (Å²) in [5.74, 6) is -2.28. The number of aromatic nitrogens is 1. The molecule has 0 fully saturated rings. The maximum Gasteiger partial charge on any atom is 0.254 e. The van der Waals surface area contributed by atoms with Gasteiger partial charge in [-0.3, -0.25) is 4.79 Å². The normalized spacial score (nSPS) is 12.1. The lowest BCUT2D eigenvalue weighted by Gasteiger charge is -2.18. The highest BCUT2D eigenvalue weighted by atomic mass is 19.1. The van der Waals surface area contributed by atoms with E-state index in [1.165, 1.54) is 0 Å². The molecule has 4 rings (SSSR count). The van der Waals surface area contributed by atoms with Crippen LogP contribution in [0.5, 0.6) is 0 Å². The SMILES string of the molecule is O=C(NCC(c1ccccc1)c1c[nH]c2ccccc12)c1ccc(F)cc1F. The molecular formula is C23H18F2N2O. The predicted molar refractivity (Wildman–Crippen MR) is 105 cm³/mol. The van der Waals surface area contributed by atoms with Crippen molar-refractivity contribution in [2.75, 3.05) is 6.54 Å². The minimum atomic E-state index is -0.874. The molecule has 3 aromatic carbocycles. The Labute approximate surface area is 161 Å². The van der Waals surface area contributed by atoms with E-state index in [4.69, 9.17) is 0 Å². The third kappa shape index (κ3) is 3.51. The van der Waals surface area contributed by atoms with E-state index in [0.717, 1.165) is 34.2 Å². The van der Waals surface area contributed by atoms with Gasteiger partial charge in [-0.1, -0.05) is 48.5 Å². The van der Waals surface area contributed by atoms with Gasteiger partial charge in [0.15, 0.2) is 0 Å². The van der Waals surface area contributed by atoms with Crippen LogP contribution in [0.2, 0.25) is 0 Å². The van der Waals surface area contributed by atoms with Gasteiger partial charge in [0.2, 0.25) is 0 Å². The van der Waals surface area contributed by atoms with Crippen molar-refractivity contribution >= 4 is 16.8 Å². The minimum Gasteiger partial charge on any atom is -0.361 e. The van der Waals surface area contributed by atoms with Gasteiger partial charge >= 0.3 is 0 Å². The second kappa shape index (κ2) is 7.64. The van der Waals surface area contributed by atoms with E-state index in [9.17, 15) is 13.6 Å². The fourth-order valence-electron chi connectivity index (χ4n) is 3.44. The molecule has 0 bridgehead atoms. The molecule has 0 spiro atoms. The molecule has 3 nitrogen and oxygen atoms in total. The number of carbonyl (C=O) groups excluding carboxylic acids is 1. The molecule has 0 saturated carbocycles. The third-order valence-electron chi connectivity index (χ3n) is 4.84. The van der Waals surface area contributed by atoms with Crippen LogP contribution in [0, 0.1) is 11.6 Å². The Morgan fingerprint density at radius 2 is 1.71 bits per heavy atom.